The smallest absolute Gasteiger partial charge is 0.408 e. The van der Waals surface area contributed by atoms with E-state index >= 15 is 0 Å². The molecule has 0 aromatic heterocycles. The molecule has 1 amide bonds. The number of phenols is 1. The zero-order valence-corrected chi connectivity index (χ0v) is 17.5. The summed E-state index contributed by atoms with van der Waals surface area (Å²) in [5, 5.41) is 12.4. The summed E-state index contributed by atoms with van der Waals surface area (Å²) in [5.41, 5.74) is -0.295. The lowest BCUT2D eigenvalue weighted by molar-refractivity contribution is -0.145. The van der Waals surface area contributed by atoms with E-state index in [2.05, 4.69) is 5.32 Å². The van der Waals surface area contributed by atoms with Crippen LogP contribution < -0.4 is 5.32 Å². The van der Waals surface area contributed by atoms with Crippen LogP contribution in [0.5, 0.6) is 5.75 Å². The molecule has 2 N–H and O–H groups in total. The molecule has 0 aliphatic carbocycles. The highest BCUT2D eigenvalue weighted by Gasteiger charge is 2.31. The van der Waals surface area contributed by atoms with E-state index in [1.807, 2.05) is 0 Å². The van der Waals surface area contributed by atoms with Crippen LogP contribution in [0, 0.1) is 18.6 Å². The fourth-order valence-electron chi connectivity index (χ4n) is 2.91. The fourth-order valence-corrected chi connectivity index (χ4v) is 2.91. The van der Waals surface area contributed by atoms with Crippen molar-refractivity contribution in [2.45, 2.75) is 46.3 Å². The Morgan fingerprint density at radius 3 is 2.43 bits per heavy atom. The summed E-state index contributed by atoms with van der Waals surface area (Å²) < 4.78 is 39.2. The van der Waals surface area contributed by atoms with Crippen LogP contribution in [-0.4, -0.2) is 29.4 Å². The minimum atomic E-state index is -1.65. The Bertz CT molecular complexity index is 933. The number of esters is 1. The number of hydrogen-bond acceptors (Lipinski definition) is 5. The number of phenolic OH excluding ortho intramolecular Hbond substituents is 1. The lowest BCUT2D eigenvalue weighted by Crippen LogP contribution is -2.39. The first-order valence-electron chi connectivity index (χ1n) is 9.38. The van der Waals surface area contributed by atoms with Gasteiger partial charge in [0.05, 0.1) is 6.61 Å². The van der Waals surface area contributed by atoms with Crippen molar-refractivity contribution >= 4 is 12.1 Å². The number of benzene rings is 2. The second kappa shape index (κ2) is 9.11. The SMILES string of the molecule is CCOC(=O)[C@H](NC(=O)OC(C)(C)C)c1cc(-c2c(C)cccc2O)cc(F)c1F. The normalized spacial score (nSPS) is 12.2. The van der Waals surface area contributed by atoms with Crippen molar-refractivity contribution in [1.82, 2.24) is 5.32 Å². The summed E-state index contributed by atoms with van der Waals surface area (Å²) in [6.45, 7) is 8.06. The van der Waals surface area contributed by atoms with Gasteiger partial charge < -0.3 is 19.9 Å². The van der Waals surface area contributed by atoms with Crippen molar-refractivity contribution in [1.29, 1.82) is 0 Å². The van der Waals surface area contributed by atoms with E-state index in [1.54, 1.807) is 46.8 Å². The molecule has 2 aromatic rings. The first-order chi connectivity index (χ1) is 13.9. The van der Waals surface area contributed by atoms with Gasteiger partial charge in [-0.1, -0.05) is 12.1 Å². The summed E-state index contributed by atoms with van der Waals surface area (Å²) in [4.78, 5) is 24.7. The summed E-state index contributed by atoms with van der Waals surface area (Å²) >= 11 is 0. The molecule has 0 heterocycles. The van der Waals surface area contributed by atoms with Gasteiger partial charge in [0.2, 0.25) is 0 Å². The van der Waals surface area contributed by atoms with Gasteiger partial charge in [0.15, 0.2) is 17.7 Å². The largest absolute Gasteiger partial charge is 0.507 e. The number of ether oxygens (including phenoxy) is 2. The van der Waals surface area contributed by atoms with Crippen LogP contribution in [0.15, 0.2) is 30.3 Å². The zero-order chi connectivity index (χ0) is 22.6. The van der Waals surface area contributed by atoms with E-state index in [4.69, 9.17) is 9.47 Å². The summed E-state index contributed by atoms with van der Waals surface area (Å²) in [6.07, 6.45) is -0.996. The minimum absolute atomic E-state index is 0.0340. The third kappa shape index (κ3) is 5.46. The monoisotopic (exact) mass is 421 g/mol. The molecule has 1 atom stereocenters. The maximum Gasteiger partial charge on any atom is 0.408 e. The number of nitrogens with one attached hydrogen (secondary N) is 1. The molecule has 8 heteroatoms. The zero-order valence-electron chi connectivity index (χ0n) is 17.5. The Kier molecular flexibility index (Phi) is 7.02. The standard InChI is InChI=1S/C22H25F2NO5/c1-6-29-20(27)19(25-21(28)30-22(3,4)5)14-10-13(11-15(23)18(14)24)17-12(2)8-7-9-16(17)26/h7-11,19,26H,6H2,1-5H3,(H,25,28)/t19-/m1/s1. The van der Waals surface area contributed by atoms with Gasteiger partial charge in [-0.05, 0) is 63.9 Å². The highest BCUT2D eigenvalue weighted by atomic mass is 19.2. The molecule has 0 unspecified atom stereocenters. The van der Waals surface area contributed by atoms with Crippen molar-refractivity contribution in [3.05, 3.63) is 53.1 Å². The second-order valence-electron chi connectivity index (χ2n) is 7.66. The average Bonchev–Trinajstić information content (AvgIpc) is 2.61. The van der Waals surface area contributed by atoms with Gasteiger partial charge in [-0.3, -0.25) is 0 Å². The average molecular weight is 421 g/mol. The first-order valence-corrected chi connectivity index (χ1v) is 9.38. The van der Waals surface area contributed by atoms with Gasteiger partial charge >= 0.3 is 12.1 Å². The van der Waals surface area contributed by atoms with Crippen LogP contribution in [0.25, 0.3) is 11.1 Å². The molecule has 0 radical (unpaired) electrons. The number of rotatable bonds is 5. The topological polar surface area (TPSA) is 84.9 Å². The number of carbonyl (C=O) groups excluding carboxylic acids is 2. The van der Waals surface area contributed by atoms with E-state index in [1.165, 1.54) is 12.1 Å². The van der Waals surface area contributed by atoms with Crippen LogP contribution in [0.1, 0.15) is 44.9 Å². The Morgan fingerprint density at radius 1 is 1.20 bits per heavy atom. The molecular formula is C22H25F2NO5. The molecule has 0 fully saturated rings. The fraction of sp³-hybridized carbons (Fsp3) is 0.364. The van der Waals surface area contributed by atoms with Crippen LogP contribution in [0.4, 0.5) is 13.6 Å². The summed E-state index contributed by atoms with van der Waals surface area (Å²) in [5.74, 6) is -3.68. The highest BCUT2D eigenvalue weighted by molar-refractivity contribution is 5.84. The van der Waals surface area contributed by atoms with Gasteiger partial charge in [0, 0.05) is 11.1 Å². The van der Waals surface area contributed by atoms with Crippen molar-refractivity contribution in [3.8, 4) is 16.9 Å². The first kappa shape index (κ1) is 23.1. The van der Waals surface area contributed by atoms with Crippen LogP contribution in [0.2, 0.25) is 0 Å². The predicted molar refractivity (Wildman–Crippen MR) is 107 cm³/mol. The number of aryl methyl sites for hydroxylation is 1. The van der Waals surface area contributed by atoms with Gasteiger partial charge in [-0.25, -0.2) is 18.4 Å². The Hall–Kier alpha value is -3.16. The minimum Gasteiger partial charge on any atom is -0.507 e. The quantitative estimate of drug-likeness (QED) is 0.679. The van der Waals surface area contributed by atoms with Crippen molar-refractivity contribution in [3.63, 3.8) is 0 Å². The van der Waals surface area contributed by atoms with Crippen molar-refractivity contribution < 1.29 is 33.0 Å². The molecule has 162 valence electrons. The molecule has 2 rings (SSSR count). The molecule has 2 aromatic carbocycles. The van der Waals surface area contributed by atoms with Gasteiger partial charge in [0.25, 0.3) is 0 Å². The lowest BCUT2D eigenvalue weighted by atomic mass is 9.95. The number of aromatic hydroxyl groups is 1. The molecule has 0 saturated carbocycles. The van der Waals surface area contributed by atoms with Crippen LogP contribution >= 0.6 is 0 Å². The van der Waals surface area contributed by atoms with Crippen LogP contribution in [0.3, 0.4) is 0 Å². The molecule has 0 spiro atoms. The van der Waals surface area contributed by atoms with Gasteiger partial charge in [-0.15, -0.1) is 0 Å². The summed E-state index contributed by atoms with van der Waals surface area (Å²) in [6, 6.07) is 5.17. The third-order valence-corrected chi connectivity index (χ3v) is 4.09. The summed E-state index contributed by atoms with van der Waals surface area (Å²) in [7, 11) is 0. The van der Waals surface area contributed by atoms with E-state index in [0.29, 0.717) is 5.56 Å². The number of carbonyl (C=O) groups is 2. The van der Waals surface area contributed by atoms with Gasteiger partial charge in [-0.2, -0.15) is 0 Å². The Balaban J connectivity index is 2.58. The molecule has 6 nitrogen and oxygen atoms in total. The molecule has 0 aliphatic heterocycles. The molecule has 0 aliphatic rings. The number of amides is 1. The molecule has 0 saturated heterocycles. The number of halogens is 2. The maximum absolute atomic E-state index is 14.7. The maximum atomic E-state index is 14.7. The van der Waals surface area contributed by atoms with Crippen LogP contribution in [-0.2, 0) is 14.3 Å². The van der Waals surface area contributed by atoms with E-state index in [-0.39, 0.29) is 23.5 Å². The lowest BCUT2D eigenvalue weighted by Gasteiger charge is -2.23. The second-order valence-corrected chi connectivity index (χ2v) is 7.66. The van der Waals surface area contributed by atoms with Gasteiger partial charge in [0.1, 0.15) is 11.4 Å². The number of alkyl carbamates (subject to hydrolysis) is 1. The van der Waals surface area contributed by atoms with Crippen molar-refractivity contribution in [2.75, 3.05) is 6.61 Å². The predicted octanol–water partition coefficient (Wildman–Crippen LogP) is 4.77. The molecular weight excluding hydrogens is 396 g/mol. The molecule has 0 bridgehead atoms. The Labute approximate surface area is 173 Å². The van der Waals surface area contributed by atoms with E-state index in [9.17, 15) is 23.5 Å². The Morgan fingerprint density at radius 2 is 1.87 bits per heavy atom. The molecule has 30 heavy (non-hydrogen) atoms. The van der Waals surface area contributed by atoms with Crippen molar-refractivity contribution in [2.24, 2.45) is 0 Å². The third-order valence-electron chi connectivity index (χ3n) is 4.09. The number of hydrogen-bond donors (Lipinski definition) is 2. The highest BCUT2D eigenvalue weighted by Crippen LogP contribution is 2.35. The van der Waals surface area contributed by atoms with E-state index in [0.717, 1.165) is 6.07 Å². The van der Waals surface area contributed by atoms with E-state index < -0.39 is 40.9 Å².